The van der Waals surface area contributed by atoms with Crippen LogP contribution in [0.1, 0.15) is 26.4 Å². The third-order valence-electron chi connectivity index (χ3n) is 4.72. The highest BCUT2D eigenvalue weighted by atomic mass is 19.2. The van der Waals surface area contributed by atoms with Crippen LogP contribution in [0.15, 0.2) is 36.5 Å². The van der Waals surface area contributed by atoms with E-state index in [4.69, 9.17) is 14.2 Å². The molecule has 1 heterocycles. The zero-order chi connectivity index (χ0) is 25.0. The van der Waals surface area contributed by atoms with Crippen molar-refractivity contribution < 1.29 is 41.7 Å². The molecule has 34 heavy (non-hydrogen) atoms. The van der Waals surface area contributed by atoms with Gasteiger partial charge in [-0.2, -0.15) is 4.39 Å². The maximum Gasteiger partial charge on any atom is 0.356 e. The summed E-state index contributed by atoms with van der Waals surface area (Å²) in [6.45, 7) is 1.38. The molecule has 1 aromatic heterocycles. The van der Waals surface area contributed by atoms with Crippen molar-refractivity contribution in [3.05, 3.63) is 70.8 Å². The summed E-state index contributed by atoms with van der Waals surface area (Å²) in [5.74, 6) is -6.38. The van der Waals surface area contributed by atoms with Crippen molar-refractivity contribution in [2.45, 2.75) is 6.92 Å². The number of rotatable bonds is 7. The lowest BCUT2D eigenvalue weighted by atomic mass is 10.1. The van der Waals surface area contributed by atoms with Crippen molar-refractivity contribution in [3.8, 4) is 23.0 Å². The molecule has 0 aliphatic carbocycles. The van der Waals surface area contributed by atoms with Crippen LogP contribution >= 0.6 is 0 Å². The van der Waals surface area contributed by atoms with Crippen molar-refractivity contribution in [2.75, 3.05) is 26.6 Å². The summed E-state index contributed by atoms with van der Waals surface area (Å²) in [5, 5.41) is 2.45. The Morgan fingerprint density at radius 2 is 1.65 bits per heavy atom. The Balaban J connectivity index is 2.07. The van der Waals surface area contributed by atoms with Gasteiger partial charge in [0.1, 0.15) is 28.6 Å². The third kappa shape index (κ3) is 4.72. The molecule has 0 unspecified atom stereocenters. The largest absolute Gasteiger partial charge is 0.496 e. The second kappa shape index (κ2) is 10.1. The number of esters is 1. The van der Waals surface area contributed by atoms with E-state index in [0.717, 1.165) is 19.2 Å². The quantitative estimate of drug-likeness (QED) is 0.496. The lowest BCUT2D eigenvalue weighted by Crippen LogP contribution is -2.17. The van der Waals surface area contributed by atoms with Crippen LogP contribution in [-0.4, -0.2) is 38.2 Å². The number of aromatic nitrogens is 1. The maximum absolute atomic E-state index is 15.3. The Kier molecular flexibility index (Phi) is 7.24. The van der Waals surface area contributed by atoms with Gasteiger partial charge in [-0.1, -0.05) is 0 Å². The molecule has 3 rings (SSSR count). The number of methoxy groups -OCH3 is 3. The number of ether oxygens (including phenoxy) is 4. The van der Waals surface area contributed by atoms with Crippen LogP contribution in [0, 0.1) is 24.4 Å². The zero-order valence-electron chi connectivity index (χ0n) is 18.5. The van der Waals surface area contributed by atoms with Crippen LogP contribution in [-0.2, 0) is 4.74 Å². The van der Waals surface area contributed by atoms with Crippen LogP contribution in [0.5, 0.6) is 23.0 Å². The molecule has 0 aliphatic heterocycles. The Labute approximate surface area is 192 Å². The van der Waals surface area contributed by atoms with Gasteiger partial charge in [0.25, 0.3) is 5.91 Å². The van der Waals surface area contributed by atoms with Crippen LogP contribution in [0.3, 0.4) is 0 Å². The normalized spacial score (nSPS) is 10.4. The Hall–Kier alpha value is -4.28. The minimum absolute atomic E-state index is 0.00206. The maximum atomic E-state index is 15.3. The number of nitrogens with one attached hydrogen (secondary N) is 1. The monoisotopic (exact) mass is 476 g/mol. The van der Waals surface area contributed by atoms with Gasteiger partial charge in [-0.05, 0) is 31.2 Å². The first kappa shape index (κ1) is 24.4. The highest BCUT2D eigenvalue weighted by Gasteiger charge is 2.26. The molecular formula is C23H19F3N2O6. The number of carbonyl (C=O) groups is 2. The van der Waals surface area contributed by atoms with Crippen LogP contribution in [0.4, 0.5) is 18.9 Å². The molecular weight excluding hydrogens is 457 g/mol. The number of benzene rings is 2. The Morgan fingerprint density at radius 1 is 0.912 bits per heavy atom. The molecule has 0 spiro atoms. The fourth-order valence-electron chi connectivity index (χ4n) is 3.03. The highest BCUT2D eigenvalue weighted by Crippen LogP contribution is 2.40. The predicted molar refractivity (Wildman–Crippen MR) is 114 cm³/mol. The van der Waals surface area contributed by atoms with Crippen molar-refractivity contribution in [1.29, 1.82) is 0 Å². The van der Waals surface area contributed by atoms with Gasteiger partial charge in [-0.3, -0.25) is 4.79 Å². The van der Waals surface area contributed by atoms with Gasteiger partial charge in [-0.15, -0.1) is 0 Å². The summed E-state index contributed by atoms with van der Waals surface area (Å²) in [5.41, 5.74) is -0.525. The van der Waals surface area contributed by atoms with E-state index in [1.807, 2.05) is 0 Å². The molecule has 2 aromatic carbocycles. The molecule has 1 N–H and O–H groups in total. The number of nitrogens with zero attached hydrogens (tertiary/aromatic N) is 1. The first-order valence-corrected chi connectivity index (χ1v) is 9.64. The van der Waals surface area contributed by atoms with Gasteiger partial charge in [-0.25, -0.2) is 18.6 Å². The lowest BCUT2D eigenvalue weighted by Gasteiger charge is -2.17. The topological polar surface area (TPSA) is 96.0 Å². The molecule has 0 fully saturated rings. The lowest BCUT2D eigenvalue weighted by molar-refractivity contribution is 0.0594. The fourth-order valence-corrected chi connectivity index (χ4v) is 3.03. The van der Waals surface area contributed by atoms with E-state index >= 15 is 4.39 Å². The molecule has 0 saturated carbocycles. The van der Waals surface area contributed by atoms with E-state index in [9.17, 15) is 18.4 Å². The summed E-state index contributed by atoms with van der Waals surface area (Å²) in [4.78, 5) is 28.6. The van der Waals surface area contributed by atoms with Crippen molar-refractivity contribution >= 4 is 17.6 Å². The van der Waals surface area contributed by atoms with Gasteiger partial charge < -0.3 is 24.3 Å². The molecule has 0 bridgehead atoms. The van der Waals surface area contributed by atoms with Crippen molar-refractivity contribution in [3.63, 3.8) is 0 Å². The van der Waals surface area contributed by atoms with Crippen LogP contribution in [0.25, 0.3) is 0 Å². The molecule has 11 heteroatoms. The van der Waals surface area contributed by atoms with E-state index in [0.29, 0.717) is 0 Å². The number of halogens is 3. The van der Waals surface area contributed by atoms with Crippen LogP contribution < -0.4 is 19.5 Å². The first-order chi connectivity index (χ1) is 16.2. The highest BCUT2D eigenvalue weighted by molar-refractivity contribution is 6.07. The second-order valence-electron chi connectivity index (χ2n) is 6.76. The number of pyridine rings is 1. The summed E-state index contributed by atoms with van der Waals surface area (Å²) < 4.78 is 63.2. The van der Waals surface area contributed by atoms with Gasteiger partial charge in [0.05, 0.1) is 21.3 Å². The molecule has 3 aromatic rings. The van der Waals surface area contributed by atoms with E-state index in [1.54, 1.807) is 0 Å². The summed E-state index contributed by atoms with van der Waals surface area (Å²) in [6.07, 6.45) is 1.25. The summed E-state index contributed by atoms with van der Waals surface area (Å²) in [6, 6.07) is 5.68. The van der Waals surface area contributed by atoms with E-state index in [2.05, 4.69) is 15.0 Å². The number of amides is 1. The average molecular weight is 476 g/mol. The molecule has 8 nitrogen and oxygen atoms in total. The molecule has 0 aliphatic rings. The summed E-state index contributed by atoms with van der Waals surface area (Å²) >= 11 is 0. The molecule has 0 radical (unpaired) electrons. The number of hydrogen-bond donors (Lipinski definition) is 1. The second-order valence-corrected chi connectivity index (χ2v) is 6.76. The number of anilines is 1. The van der Waals surface area contributed by atoms with E-state index in [-0.39, 0.29) is 34.2 Å². The SMILES string of the molecule is COC(=O)c1cc(NC(=O)c2c(Oc3ccc(F)c(F)c3OC)cc(OC)c(C)c2F)ccn1. The van der Waals surface area contributed by atoms with E-state index < -0.39 is 40.6 Å². The molecule has 0 atom stereocenters. The zero-order valence-corrected chi connectivity index (χ0v) is 18.5. The number of carbonyl (C=O) groups excluding carboxylic acids is 2. The fraction of sp³-hybridized carbons (Fsp3) is 0.174. The molecule has 1 amide bonds. The van der Waals surface area contributed by atoms with Gasteiger partial charge in [0.15, 0.2) is 11.6 Å². The smallest absolute Gasteiger partial charge is 0.356 e. The third-order valence-corrected chi connectivity index (χ3v) is 4.72. The Bertz CT molecular complexity index is 1270. The predicted octanol–water partition coefficient (Wildman–Crippen LogP) is 4.66. The van der Waals surface area contributed by atoms with E-state index in [1.165, 1.54) is 45.5 Å². The average Bonchev–Trinajstić information content (AvgIpc) is 2.83. The van der Waals surface area contributed by atoms with Crippen LogP contribution in [0.2, 0.25) is 0 Å². The minimum Gasteiger partial charge on any atom is -0.496 e. The van der Waals surface area contributed by atoms with Gasteiger partial charge >= 0.3 is 5.97 Å². The number of hydrogen-bond acceptors (Lipinski definition) is 7. The first-order valence-electron chi connectivity index (χ1n) is 9.64. The van der Waals surface area contributed by atoms with Crippen molar-refractivity contribution in [2.24, 2.45) is 0 Å². The molecule has 0 saturated heterocycles. The minimum atomic E-state index is -1.32. The Morgan fingerprint density at radius 3 is 2.29 bits per heavy atom. The van der Waals surface area contributed by atoms with Gasteiger partial charge in [0, 0.05) is 23.5 Å². The van der Waals surface area contributed by atoms with Crippen molar-refractivity contribution in [1.82, 2.24) is 4.98 Å². The standard InChI is InChI=1S/C23H19F3N2O6/c1-11-16(31-2)10-17(34-15-6-5-13(24)20(26)21(15)32-3)18(19(11)25)22(29)28-12-7-8-27-14(9-12)23(30)33-4/h5-10H,1-4H3,(H,27,28,29). The summed E-state index contributed by atoms with van der Waals surface area (Å²) in [7, 11) is 3.55. The van der Waals surface area contributed by atoms with Gasteiger partial charge in [0.2, 0.25) is 11.6 Å². The molecule has 178 valence electrons.